The van der Waals surface area contributed by atoms with Gasteiger partial charge in [-0.1, -0.05) is 6.92 Å². The van der Waals surface area contributed by atoms with Crippen molar-refractivity contribution >= 4 is 17.4 Å². The summed E-state index contributed by atoms with van der Waals surface area (Å²) in [6, 6.07) is 3.62. The smallest absolute Gasteiger partial charge is 0.228 e. The van der Waals surface area contributed by atoms with E-state index >= 15 is 0 Å². The number of nitrogen functional groups attached to an aromatic ring is 1. The fraction of sp³-hybridized carbons (Fsp3) is 0.455. The maximum absolute atomic E-state index is 11.7. The van der Waals surface area contributed by atoms with Gasteiger partial charge in [-0.05, 0) is 26.0 Å². The standard InChI is InChI=1S/C11H17N3O/c1-4-11(15)14(8(2)3)10-6-5-9(12)7-13-10/h5-8H,4,12H2,1-3H3. The van der Waals surface area contributed by atoms with E-state index in [2.05, 4.69) is 4.98 Å². The van der Waals surface area contributed by atoms with E-state index in [1.807, 2.05) is 20.8 Å². The van der Waals surface area contributed by atoms with Gasteiger partial charge in [-0.3, -0.25) is 9.69 Å². The second kappa shape index (κ2) is 4.77. The molecule has 0 aliphatic carbocycles. The summed E-state index contributed by atoms with van der Waals surface area (Å²) in [5.41, 5.74) is 6.15. The molecule has 1 aromatic heterocycles. The predicted octanol–water partition coefficient (Wildman–Crippen LogP) is 1.82. The van der Waals surface area contributed by atoms with Gasteiger partial charge in [0.25, 0.3) is 0 Å². The molecule has 82 valence electrons. The summed E-state index contributed by atoms with van der Waals surface area (Å²) >= 11 is 0. The van der Waals surface area contributed by atoms with Gasteiger partial charge in [-0.25, -0.2) is 4.98 Å². The number of rotatable bonds is 3. The Morgan fingerprint density at radius 1 is 1.53 bits per heavy atom. The first-order valence-electron chi connectivity index (χ1n) is 5.09. The molecule has 0 saturated carbocycles. The van der Waals surface area contributed by atoms with Crippen molar-refractivity contribution in [3.63, 3.8) is 0 Å². The van der Waals surface area contributed by atoms with E-state index in [4.69, 9.17) is 5.73 Å². The van der Waals surface area contributed by atoms with Crippen LogP contribution in [0.25, 0.3) is 0 Å². The second-order valence-electron chi connectivity index (χ2n) is 3.66. The van der Waals surface area contributed by atoms with E-state index < -0.39 is 0 Å². The highest BCUT2D eigenvalue weighted by Crippen LogP contribution is 2.16. The topological polar surface area (TPSA) is 59.2 Å². The first-order valence-corrected chi connectivity index (χ1v) is 5.09. The molecule has 1 aromatic rings. The van der Waals surface area contributed by atoms with Gasteiger partial charge in [0, 0.05) is 12.5 Å². The van der Waals surface area contributed by atoms with Crippen LogP contribution in [0.3, 0.4) is 0 Å². The molecule has 0 radical (unpaired) electrons. The Morgan fingerprint density at radius 2 is 2.20 bits per heavy atom. The zero-order valence-corrected chi connectivity index (χ0v) is 9.40. The van der Waals surface area contributed by atoms with Gasteiger partial charge < -0.3 is 5.73 Å². The highest BCUT2D eigenvalue weighted by Gasteiger charge is 2.17. The molecule has 4 nitrogen and oxygen atoms in total. The van der Waals surface area contributed by atoms with Gasteiger partial charge >= 0.3 is 0 Å². The summed E-state index contributed by atoms with van der Waals surface area (Å²) in [5.74, 6) is 0.730. The predicted molar refractivity (Wildman–Crippen MR) is 61.6 cm³/mol. The van der Waals surface area contributed by atoms with Crippen LogP contribution >= 0.6 is 0 Å². The second-order valence-corrected chi connectivity index (χ2v) is 3.66. The Bertz CT molecular complexity index is 332. The molecule has 0 unspecified atom stereocenters. The first kappa shape index (κ1) is 11.5. The molecule has 1 rings (SSSR count). The fourth-order valence-corrected chi connectivity index (χ4v) is 1.39. The van der Waals surface area contributed by atoms with Gasteiger partial charge in [0.15, 0.2) is 0 Å². The summed E-state index contributed by atoms with van der Waals surface area (Å²) in [4.78, 5) is 17.5. The molecule has 0 bridgehead atoms. The highest BCUT2D eigenvalue weighted by atomic mass is 16.2. The largest absolute Gasteiger partial charge is 0.397 e. The summed E-state index contributed by atoms with van der Waals surface area (Å²) in [7, 11) is 0. The molecular formula is C11H17N3O. The van der Waals surface area contributed by atoms with Gasteiger partial charge in [-0.2, -0.15) is 0 Å². The lowest BCUT2D eigenvalue weighted by Crippen LogP contribution is -2.37. The minimum atomic E-state index is 0.0715. The van der Waals surface area contributed by atoms with E-state index in [0.717, 1.165) is 0 Å². The summed E-state index contributed by atoms with van der Waals surface area (Å²) < 4.78 is 0. The number of carbonyl (C=O) groups is 1. The van der Waals surface area contributed by atoms with Gasteiger partial charge in [0.2, 0.25) is 5.91 Å². The number of aromatic nitrogens is 1. The lowest BCUT2D eigenvalue weighted by molar-refractivity contribution is -0.118. The zero-order valence-electron chi connectivity index (χ0n) is 9.40. The molecule has 0 aromatic carbocycles. The van der Waals surface area contributed by atoms with E-state index in [1.165, 1.54) is 0 Å². The van der Waals surface area contributed by atoms with Gasteiger partial charge in [0.1, 0.15) is 5.82 Å². The number of hydrogen-bond acceptors (Lipinski definition) is 3. The maximum Gasteiger partial charge on any atom is 0.228 e. The zero-order chi connectivity index (χ0) is 11.4. The van der Waals surface area contributed by atoms with Crippen molar-refractivity contribution in [1.29, 1.82) is 0 Å². The minimum absolute atomic E-state index is 0.0715. The third-order valence-corrected chi connectivity index (χ3v) is 2.11. The van der Waals surface area contributed by atoms with Crippen LogP contribution in [-0.4, -0.2) is 16.9 Å². The number of pyridine rings is 1. The van der Waals surface area contributed by atoms with E-state index in [0.29, 0.717) is 17.9 Å². The SMILES string of the molecule is CCC(=O)N(c1ccc(N)cn1)C(C)C. The van der Waals surface area contributed by atoms with Gasteiger partial charge in [0.05, 0.1) is 11.9 Å². The van der Waals surface area contributed by atoms with Crippen LogP contribution in [0.1, 0.15) is 27.2 Å². The highest BCUT2D eigenvalue weighted by molar-refractivity contribution is 5.92. The molecular weight excluding hydrogens is 190 g/mol. The average Bonchev–Trinajstić information content (AvgIpc) is 2.20. The van der Waals surface area contributed by atoms with Crippen LogP contribution in [0.15, 0.2) is 18.3 Å². The van der Waals surface area contributed by atoms with Crippen molar-refractivity contribution in [2.75, 3.05) is 10.6 Å². The third-order valence-electron chi connectivity index (χ3n) is 2.11. The summed E-state index contributed by atoms with van der Waals surface area (Å²) in [6.45, 7) is 5.77. The molecule has 0 aliphatic heterocycles. The third kappa shape index (κ3) is 2.68. The first-order chi connectivity index (χ1) is 7.06. The van der Waals surface area contributed by atoms with Crippen molar-refractivity contribution in [2.45, 2.75) is 33.2 Å². The Labute approximate surface area is 90.1 Å². The van der Waals surface area contributed by atoms with E-state index in [9.17, 15) is 4.79 Å². The Balaban J connectivity index is 2.99. The molecule has 0 saturated heterocycles. The molecule has 1 amide bonds. The van der Waals surface area contributed by atoms with Gasteiger partial charge in [-0.15, -0.1) is 0 Å². The Morgan fingerprint density at radius 3 is 2.60 bits per heavy atom. The monoisotopic (exact) mass is 207 g/mol. The number of hydrogen-bond donors (Lipinski definition) is 1. The fourth-order valence-electron chi connectivity index (χ4n) is 1.39. The van der Waals surface area contributed by atoms with Crippen molar-refractivity contribution in [2.24, 2.45) is 0 Å². The molecule has 4 heteroatoms. The molecule has 2 N–H and O–H groups in total. The normalized spacial score (nSPS) is 10.4. The van der Waals surface area contributed by atoms with Crippen LogP contribution in [0.4, 0.5) is 11.5 Å². The lowest BCUT2D eigenvalue weighted by Gasteiger charge is -2.25. The maximum atomic E-state index is 11.7. The number of nitrogens with two attached hydrogens (primary N) is 1. The lowest BCUT2D eigenvalue weighted by atomic mass is 10.2. The van der Waals surface area contributed by atoms with Crippen molar-refractivity contribution in [3.05, 3.63) is 18.3 Å². The van der Waals surface area contributed by atoms with E-state index in [1.54, 1.807) is 23.2 Å². The van der Waals surface area contributed by atoms with Crippen LogP contribution in [0, 0.1) is 0 Å². The Kier molecular flexibility index (Phi) is 3.66. The molecule has 1 heterocycles. The molecule has 0 atom stereocenters. The Hall–Kier alpha value is -1.58. The number of carbonyl (C=O) groups excluding carboxylic acids is 1. The van der Waals surface area contributed by atoms with Crippen molar-refractivity contribution < 1.29 is 4.79 Å². The average molecular weight is 207 g/mol. The molecule has 0 fully saturated rings. The number of nitrogens with zero attached hydrogens (tertiary/aromatic N) is 2. The van der Waals surface area contributed by atoms with Crippen molar-refractivity contribution in [1.82, 2.24) is 4.98 Å². The van der Waals surface area contributed by atoms with Crippen LogP contribution in [-0.2, 0) is 4.79 Å². The number of anilines is 2. The van der Waals surface area contributed by atoms with Crippen LogP contribution in [0.5, 0.6) is 0 Å². The molecule has 15 heavy (non-hydrogen) atoms. The van der Waals surface area contributed by atoms with Crippen LogP contribution < -0.4 is 10.6 Å². The molecule has 0 aliphatic rings. The minimum Gasteiger partial charge on any atom is -0.397 e. The molecule has 0 spiro atoms. The summed E-state index contributed by atoms with van der Waals surface area (Å²) in [5, 5.41) is 0. The number of amides is 1. The quantitative estimate of drug-likeness (QED) is 0.822. The van der Waals surface area contributed by atoms with Crippen LogP contribution in [0.2, 0.25) is 0 Å². The van der Waals surface area contributed by atoms with Crippen molar-refractivity contribution in [3.8, 4) is 0 Å². The van der Waals surface area contributed by atoms with E-state index in [-0.39, 0.29) is 11.9 Å². The summed E-state index contributed by atoms with van der Waals surface area (Å²) in [6.07, 6.45) is 2.04.